The summed E-state index contributed by atoms with van der Waals surface area (Å²) in [5.74, 6) is -0.178. The highest BCUT2D eigenvalue weighted by Gasteiger charge is 2.08. The second-order valence-electron chi connectivity index (χ2n) is 6.23. The third-order valence-corrected chi connectivity index (χ3v) is 3.94. The van der Waals surface area contributed by atoms with E-state index in [1.54, 1.807) is 18.5 Å². The first-order valence-electron chi connectivity index (χ1n) is 8.18. The topological polar surface area (TPSA) is 54.0 Å². The van der Waals surface area contributed by atoms with Crippen LogP contribution in [0.25, 0.3) is 0 Å². The number of benzene rings is 2. The van der Waals surface area contributed by atoms with Crippen LogP contribution < -0.4 is 10.6 Å². The first kappa shape index (κ1) is 16.7. The fourth-order valence-corrected chi connectivity index (χ4v) is 2.67. The smallest absolute Gasteiger partial charge is 0.257 e. The molecule has 0 aliphatic rings. The van der Waals surface area contributed by atoms with Gasteiger partial charge in [0.15, 0.2) is 0 Å². The van der Waals surface area contributed by atoms with Crippen molar-refractivity contribution in [2.75, 3.05) is 10.6 Å². The summed E-state index contributed by atoms with van der Waals surface area (Å²) in [5, 5.41) is 6.23. The maximum atomic E-state index is 12.5. The van der Waals surface area contributed by atoms with Gasteiger partial charge in [-0.2, -0.15) is 0 Å². The molecule has 3 aromatic rings. The minimum absolute atomic E-state index is 0.178. The zero-order chi connectivity index (χ0) is 17.8. The number of carbonyl (C=O) groups excluding carboxylic acids is 1. The van der Waals surface area contributed by atoms with E-state index >= 15 is 0 Å². The van der Waals surface area contributed by atoms with E-state index in [4.69, 9.17) is 0 Å². The molecule has 4 nitrogen and oxygen atoms in total. The van der Waals surface area contributed by atoms with Gasteiger partial charge < -0.3 is 10.6 Å². The SMILES string of the molecule is Cc1cccc(NC(=O)c2cncc(Nc3ccc(C)cc3C)c2)c1. The second kappa shape index (κ2) is 7.18. The van der Waals surface area contributed by atoms with Crippen molar-refractivity contribution in [1.29, 1.82) is 0 Å². The first-order chi connectivity index (χ1) is 12.0. The third-order valence-electron chi connectivity index (χ3n) is 3.94. The fraction of sp³-hybridized carbons (Fsp3) is 0.143. The van der Waals surface area contributed by atoms with Crippen molar-refractivity contribution in [2.24, 2.45) is 0 Å². The number of pyridine rings is 1. The van der Waals surface area contributed by atoms with E-state index in [2.05, 4.69) is 41.6 Å². The predicted octanol–water partition coefficient (Wildman–Crippen LogP) is 5.00. The van der Waals surface area contributed by atoms with Crippen molar-refractivity contribution in [2.45, 2.75) is 20.8 Å². The number of amides is 1. The summed E-state index contributed by atoms with van der Waals surface area (Å²) < 4.78 is 0. The zero-order valence-corrected chi connectivity index (χ0v) is 14.6. The van der Waals surface area contributed by atoms with Crippen LogP contribution in [0.4, 0.5) is 17.1 Å². The van der Waals surface area contributed by atoms with Crippen molar-refractivity contribution in [1.82, 2.24) is 4.98 Å². The molecule has 3 rings (SSSR count). The Morgan fingerprint density at radius 2 is 1.68 bits per heavy atom. The molecule has 1 heterocycles. The maximum Gasteiger partial charge on any atom is 0.257 e. The largest absolute Gasteiger partial charge is 0.354 e. The highest BCUT2D eigenvalue weighted by Crippen LogP contribution is 2.22. The molecule has 0 aliphatic heterocycles. The molecule has 0 saturated heterocycles. The van der Waals surface area contributed by atoms with Gasteiger partial charge in [-0.3, -0.25) is 9.78 Å². The molecule has 0 radical (unpaired) electrons. The van der Waals surface area contributed by atoms with Gasteiger partial charge in [0.2, 0.25) is 0 Å². The molecule has 0 spiro atoms. The van der Waals surface area contributed by atoms with Crippen LogP contribution in [0.3, 0.4) is 0 Å². The van der Waals surface area contributed by atoms with Crippen LogP contribution in [-0.4, -0.2) is 10.9 Å². The molecular formula is C21H21N3O. The highest BCUT2D eigenvalue weighted by atomic mass is 16.1. The number of anilines is 3. The molecule has 0 aliphatic carbocycles. The van der Waals surface area contributed by atoms with Gasteiger partial charge in [0.1, 0.15) is 0 Å². The minimum atomic E-state index is -0.178. The van der Waals surface area contributed by atoms with Crippen LogP contribution in [-0.2, 0) is 0 Å². The van der Waals surface area contributed by atoms with Crippen LogP contribution in [0.1, 0.15) is 27.0 Å². The van der Waals surface area contributed by atoms with Crippen LogP contribution >= 0.6 is 0 Å². The molecule has 1 aromatic heterocycles. The summed E-state index contributed by atoms with van der Waals surface area (Å²) in [6, 6.07) is 15.7. The Morgan fingerprint density at radius 3 is 2.44 bits per heavy atom. The van der Waals surface area contributed by atoms with E-state index in [-0.39, 0.29) is 5.91 Å². The van der Waals surface area contributed by atoms with Crippen molar-refractivity contribution < 1.29 is 4.79 Å². The van der Waals surface area contributed by atoms with E-state index in [9.17, 15) is 4.79 Å². The molecule has 25 heavy (non-hydrogen) atoms. The van der Waals surface area contributed by atoms with E-state index in [0.29, 0.717) is 5.56 Å². The Hall–Kier alpha value is -3.14. The van der Waals surface area contributed by atoms with Gasteiger partial charge in [-0.25, -0.2) is 0 Å². The molecular weight excluding hydrogens is 310 g/mol. The van der Waals surface area contributed by atoms with Crippen molar-refractivity contribution >= 4 is 23.0 Å². The number of hydrogen-bond acceptors (Lipinski definition) is 3. The summed E-state index contributed by atoms with van der Waals surface area (Å²) in [7, 11) is 0. The van der Waals surface area contributed by atoms with Gasteiger partial charge >= 0.3 is 0 Å². The minimum Gasteiger partial charge on any atom is -0.354 e. The number of carbonyl (C=O) groups is 1. The van der Waals surface area contributed by atoms with Crippen LogP contribution in [0, 0.1) is 20.8 Å². The second-order valence-corrected chi connectivity index (χ2v) is 6.23. The lowest BCUT2D eigenvalue weighted by Gasteiger charge is -2.11. The number of aromatic nitrogens is 1. The molecule has 1 amide bonds. The summed E-state index contributed by atoms with van der Waals surface area (Å²) in [5.41, 5.74) is 6.53. The van der Waals surface area contributed by atoms with Gasteiger partial charge in [-0.05, 0) is 56.2 Å². The molecule has 126 valence electrons. The molecule has 2 aromatic carbocycles. The lowest BCUT2D eigenvalue weighted by Crippen LogP contribution is -2.12. The average Bonchev–Trinajstić information content (AvgIpc) is 2.58. The predicted molar refractivity (Wildman–Crippen MR) is 103 cm³/mol. The standard InChI is InChI=1S/C21H21N3O/c1-14-5-4-6-18(10-14)24-21(25)17-11-19(13-22-12-17)23-20-8-7-15(2)9-16(20)3/h4-13,23H,1-3H3,(H,24,25). The van der Waals surface area contributed by atoms with Gasteiger partial charge in [-0.15, -0.1) is 0 Å². The Kier molecular flexibility index (Phi) is 4.80. The number of nitrogens with one attached hydrogen (secondary N) is 2. The normalized spacial score (nSPS) is 10.4. The summed E-state index contributed by atoms with van der Waals surface area (Å²) in [6.45, 7) is 6.11. The Labute approximate surface area is 147 Å². The van der Waals surface area contributed by atoms with Crippen LogP contribution in [0.5, 0.6) is 0 Å². The molecule has 0 fully saturated rings. The van der Waals surface area contributed by atoms with E-state index in [0.717, 1.165) is 28.2 Å². The lowest BCUT2D eigenvalue weighted by atomic mass is 10.1. The number of rotatable bonds is 4. The monoisotopic (exact) mass is 331 g/mol. The fourth-order valence-electron chi connectivity index (χ4n) is 2.67. The molecule has 0 saturated carbocycles. The first-order valence-corrected chi connectivity index (χ1v) is 8.18. The quantitative estimate of drug-likeness (QED) is 0.707. The van der Waals surface area contributed by atoms with Gasteiger partial charge in [-0.1, -0.05) is 29.8 Å². The Bertz CT molecular complexity index is 919. The highest BCUT2D eigenvalue weighted by molar-refractivity contribution is 6.04. The molecule has 2 N–H and O–H groups in total. The van der Waals surface area contributed by atoms with E-state index in [1.165, 1.54) is 5.56 Å². The average molecular weight is 331 g/mol. The number of hydrogen-bond donors (Lipinski definition) is 2. The number of aryl methyl sites for hydroxylation is 3. The zero-order valence-electron chi connectivity index (χ0n) is 14.6. The van der Waals surface area contributed by atoms with Crippen LogP contribution in [0.2, 0.25) is 0 Å². The van der Waals surface area contributed by atoms with Gasteiger partial charge in [0.05, 0.1) is 17.4 Å². The molecule has 0 unspecified atom stereocenters. The Morgan fingerprint density at radius 1 is 0.880 bits per heavy atom. The van der Waals surface area contributed by atoms with Crippen molar-refractivity contribution in [3.63, 3.8) is 0 Å². The van der Waals surface area contributed by atoms with Crippen LogP contribution in [0.15, 0.2) is 60.9 Å². The summed E-state index contributed by atoms with van der Waals surface area (Å²) >= 11 is 0. The maximum absolute atomic E-state index is 12.5. The summed E-state index contributed by atoms with van der Waals surface area (Å²) in [4.78, 5) is 16.6. The molecule has 4 heteroatoms. The Balaban J connectivity index is 1.77. The van der Waals surface area contributed by atoms with E-state index in [1.807, 2.05) is 37.3 Å². The van der Waals surface area contributed by atoms with Gasteiger partial charge in [0.25, 0.3) is 5.91 Å². The van der Waals surface area contributed by atoms with Gasteiger partial charge in [0, 0.05) is 17.6 Å². The van der Waals surface area contributed by atoms with E-state index < -0.39 is 0 Å². The third kappa shape index (κ3) is 4.23. The molecule has 0 atom stereocenters. The van der Waals surface area contributed by atoms with Crippen molar-refractivity contribution in [3.05, 3.63) is 83.2 Å². The lowest BCUT2D eigenvalue weighted by molar-refractivity contribution is 0.102. The summed E-state index contributed by atoms with van der Waals surface area (Å²) in [6.07, 6.45) is 3.28. The molecule has 0 bridgehead atoms. The van der Waals surface area contributed by atoms with Crippen molar-refractivity contribution in [3.8, 4) is 0 Å². The number of nitrogens with zero attached hydrogens (tertiary/aromatic N) is 1.